The van der Waals surface area contributed by atoms with Gasteiger partial charge < -0.3 is 10.0 Å². The highest BCUT2D eigenvalue weighted by Crippen LogP contribution is 2.50. The molecule has 2 atom stereocenters. The van der Waals surface area contributed by atoms with Crippen LogP contribution >= 0.6 is 8.58 Å². The molecule has 0 radical (unpaired) electrons. The summed E-state index contributed by atoms with van der Waals surface area (Å²) in [5.41, 5.74) is 8.56. The van der Waals surface area contributed by atoms with Gasteiger partial charge >= 0.3 is 0 Å². The highest BCUT2D eigenvalue weighted by atomic mass is 31.1. The van der Waals surface area contributed by atoms with Gasteiger partial charge in [-0.1, -0.05) is 144 Å². The maximum Gasteiger partial charge on any atom is 0.123 e. The minimum absolute atomic E-state index is 0.241. The predicted molar refractivity (Wildman–Crippen MR) is 202 cm³/mol. The predicted octanol–water partition coefficient (Wildman–Crippen LogP) is 11.1. The molecule has 2 nitrogen and oxygen atoms in total. The van der Waals surface area contributed by atoms with E-state index < -0.39 is 0 Å². The minimum atomic E-state index is -0.367. The van der Waals surface area contributed by atoms with E-state index >= 15 is 4.39 Å². The van der Waals surface area contributed by atoms with E-state index in [1.807, 2.05) is 66.7 Å². The van der Waals surface area contributed by atoms with Crippen LogP contribution in [0.4, 0.5) is 15.8 Å². The Hall–Kier alpha value is -4.72. The summed E-state index contributed by atoms with van der Waals surface area (Å²) in [7, 11) is 0.314. The quantitative estimate of drug-likeness (QED) is 0.126. The zero-order chi connectivity index (χ0) is 33.3. The molecule has 0 spiro atoms. The molecule has 0 saturated carbocycles. The SMILES string of the molecule is CCCC(C)(Pc1ccc(F)cc1CN(c1ccccc1)c1ccccc1)c1cc(Cc2ccccc2)cc(Cc2ccccc2)c1O. The van der Waals surface area contributed by atoms with Crippen LogP contribution in [-0.2, 0) is 24.5 Å². The van der Waals surface area contributed by atoms with E-state index in [0.29, 0.717) is 27.3 Å². The van der Waals surface area contributed by atoms with Crippen LogP contribution in [0, 0.1) is 5.82 Å². The van der Waals surface area contributed by atoms with E-state index in [9.17, 15) is 5.11 Å². The topological polar surface area (TPSA) is 23.5 Å². The average molecular weight is 652 g/mol. The van der Waals surface area contributed by atoms with Crippen molar-refractivity contribution in [2.24, 2.45) is 0 Å². The molecule has 6 aromatic rings. The summed E-state index contributed by atoms with van der Waals surface area (Å²) in [4.78, 5) is 2.25. The number of benzene rings is 6. The number of phenolic OH excluding ortho intramolecular Hbond substituents is 1. The van der Waals surface area contributed by atoms with Crippen molar-refractivity contribution in [3.63, 3.8) is 0 Å². The Kier molecular flexibility index (Phi) is 10.7. The fourth-order valence-corrected chi connectivity index (χ4v) is 8.43. The molecule has 242 valence electrons. The van der Waals surface area contributed by atoms with E-state index in [1.54, 1.807) is 12.1 Å². The Balaban J connectivity index is 1.42. The normalized spacial score (nSPS) is 12.6. The fourth-order valence-electron chi connectivity index (χ4n) is 6.66. The van der Waals surface area contributed by atoms with Gasteiger partial charge in [0, 0.05) is 35.1 Å². The molecule has 0 aliphatic carbocycles. The van der Waals surface area contributed by atoms with Crippen molar-refractivity contribution in [2.45, 2.75) is 51.2 Å². The van der Waals surface area contributed by atoms with E-state index in [1.165, 1.54) is 11.1 Å². The molecule has 0 saturated heterocycles. The number of phenols is 1. The van der Waals surface area contributed by atoms with Crippen molar-refractivity contribution in [1.29, 1.82) is 0 Å². The van der Waals surface area contributed by atoms with Crippen LogP contribution in [0.3, 0.4) is 0 Å². The molecule has 0 bridgehead atoms. The molecule has 0 amide bonds. The zero-order valence-corrected chi connectivity index (χ0v) is 28.7. The van der Waals surface area contributed by atoms with Gasteiger partial charge in [-0.25, -0.2) is 4.39 Å². The third-order valence-corrected chi connectivity index (χ3v) is 10.9. The summed E-state index contributed by atoms with van der Waals surface area (Å²) >= 11 is 0. The molecule has 2 unspecified atom stereocenters. The van der Waals surface area contributed by atoms with Gasteiger partial charge in [0.05, 0.1) is 0 Å². The van der Waals surface area contributed by atoms with E-state index in [-0.39, 0.29) is 11.0 Å². The average Bonchev–Trinajstić information content (AvgIpc) is 3.11. The lowest BCUT2D eigenvalue weighted by Gasteiger charge is -2.34. The van der Waals surface area contributed by atoms with Gasteiger partial charge in [0.25, 0.3) is 0 Å². The molecule has 6 rings (SSSR count). The molecule has 0 heterocycles. The third-order valence-electron chi connectivity index (χ3n) is 9.02. The molecule has 48 heavy (non-hydrogen) atoms. The second-order valence-electron chi connectivity index (χ2n) is 12.7. The lowest BCUT2D eigenvalue weighted by molar-refractivity contribution is 0.447. The van der Waals surface area contributed by atoms with Gasteiger partial charge in [-0.3, -0.25) is 0 Å². The van der Waals surface area contributed by atoms with Crippen LogP contribution < -0.4 is 10.2 Å². The van der Waals surface area contributed by atoms with Crippen LogP contribution in [0.5, 0.6) is 5.75 Å². The lowest BCUT2D eigenvalue weighted by atomic mass is 9.88. The number of aromatic hydroxyl groups is 1. The second kappa shape index (κ2) is 15.5. The number of para-hydroxylation sites is 2. The highest BCUT2D eigenvalue weighted by Gasteiger charge is 2.32. The van der Waals surface area contributed by atoms with E-state index in [4.69, 9.17) is 0 Å². The number of hydrogen-bond acceptors (Lipinski definition) is 2. The van der Waals surface area contributed by atoms with Gasteiger partial charge in [0.2, 0.25) is 0 Å². The molecule has 6 aromatic carbocycles. The number of halogens is 1. The molecule has 4 heteroatoms. The first-order chi connectivity index (χ1) is 23.4. The Bertz CT molecular complexity index is 1880. The van der Waals surface area contributed by atoms with Gasteiger partial charge in [0.1, 0.15) is 11.6 Å². The zero-order valence-electron chi connectivity index (χ0n) is 27.7. The van der Waals surface area contributed by atoms with Crippen molar-refractivity contribution in [1.82, 2.24) is 0 Å². The van der Waals surface area contributed by atoms with Crippen LogP contribution in [0.25, 0.3) is 0 Å². The molecular weight excluding hydrogens is 608 g/mol. The van der Waals surface area contributed by atoms with Gasteiger partial charge in [-0.15, -0.1) is 0 Å². The van der Waals surface area contributed by atoms with Crippen LogP contribution in [0.15, 0.2) is 152 Å². The van der Waals surface area contributed by atoms with Crippen molar-refractivity contribution >= 4 is 25.3 Å². The van der Waals surface area contributed by atoms with Crippen LogP contribution in [0.2, 0.25) is 0 Å². The Morgan fingerprint density at radius 3 is 1.73 bits per heavy atom. The minimum Gasteiger partial charge on any atom is -0.507 e. The molecular formula is C44H43FNOP. The summed E-state index contributed by atoms with van der Waals surface area (Å²) in [6.45, 7) is 5.01. The smallest absolute Gasteiger partial charge is 0.123 e. The first-order valence-electron chi connectivity index (χ1n) is 16.8. The molecule has 1 N–H and O–H groups in total. The van der Waals surface area contributed by atoms with Crippen molar-refractivity contribution in [3.8, 4) is 5.75 Å². The summed E-state index contributed by atoms with van der Waals surface area (Å²) in [6.07, 6.45) is 3.28. The van der Waals surface area contributed by atoms with Crippen LogP contribution in [0.1, 0.15) is 60.1 Å². The number of anilines is 2. The highest BCUT2D eigenvalue weighted by molar-refractivity contribution is 7.48. The number of nitrogens with zero attached hydrogens (tertiary/aromatic N) is 1. The van der Waals surface area contributed by atoms with Crippen molar-refractivity contribution < 1.29 is 9.50 Å². The second-order valence-corrected chi connectivity index (χ2v) is 14.6. The maximum absolute atomic E-state index is 15.0. The molecule has 0 aromatic heterocycles. The number of hydrogen-bond donors (Lipinski definition) is 1. The fraction of sp³-hybridized carbons (Fsp3) is 0.182. The summed E-state index contributed by atoms with van der Waals surface area (Å²) in [5, 5.41) is 12.8. The number of rotatable bonds is 13. The van der Waals surface area contributed by atoms with Gasteiger partial charge in [-0.05, 0) is 82.4 Å². The standard InChI is InChI=1S/C44H43FNOP/c1-3-26-44(2,41-30-35(27-33-16-8-4-9-17-33)29-36(43(41)47)28-34-18-10-5-11-19-34)48-42-25-24-38(45)31-37(42)32-46(39-20-12-6-13-21-39)40-22-14-7-15-23-40/h4-25,29-31,47-48H,3,26-28,32H2,1-2H3. The Labute approximate surface area is 286 Å². The van der Waals surface area contributed by atoms with Gasteiger partial charge in [0.15, 0.2) is 0 Å². The molecule has 0 fully saturated rings. The third kappa shape index (κ3) is 8.04. The summed E-state index contributed by atoms with van der Waals surface area (Å²) in [6, 6.07) is 51.1. The Morgan fingerprint density at radius 2 is 1.17 bits per heavy atom. The first-order valence-corrected chi connectivity index (χ1v) is 17.8. The largest absolute Gasteiger partial charge is 0.507 e. The Morgan fingerprint density at radius 1 is 0.625 bits per heavy atom. The first kappa shape index (κ1) is 33.2. The molecule has 0 aliphatic rings. The van der Waals surface area contributed by atoms with Gasteiger partial charge in [-0.2, -0.15) is 0 Å². The molecule has 0 aliphatic heterocycles. The van der Waals surface area contributed by atoms with Crippen molar-refractivity contribution in [2.75, 3.05) is 4.90 Å². The van der Waals surface area contributed by atoms with Crippen LogP contribution in [-0.4, -0.2) is 5.11 Å². The van der Waals surface area contributed by atoms with E-state index in [2.05, 4.69) is 91.5 Å². The summed E-state index contributed by atoms with van der Waals surface area (Å²) < 4.78 is 15.0. The lowest BCUT2D eigenvalue weighted by Crippen LogP contribution is -2.25. The monoisotopic (exact) mass is 651 g/mol. The summed E-state index contributed by atoms with van der Waals surface area (Å²) in [5.74, 6) is 0.132. The van der Waals surface area contributed by atoms with E-state index in [0.717, 1.165) is 58.2 Å². The van der Waals surface area contributed by atoms with Crippen molar-refractivity contribution in [3.05, 3.63) is 191 Å². The maximum atomic E-state index is 15.0.